The van der Waals surface area contributed by atoms with E-state index in [-0.39, 0.29) is 0 Å². The number of benzene rings is 2. The average Bonchev–Trinajstić information content (AvgIpc) is 3.31. The lowest BCUT2D eigenvalue weighted by Crippen LogP contribution is -2.48. The van der Waals surface area contributed by atoms with Crippen molar-refractivity contribution in [1.82, 2.24) is 14.3 Å². The number of hydrogen-bond donors (Lipinski definition) is 0. The van der Waals surface area contributed by atoms with Gasteiger partial charge in [0.15, 0.2) is 5.65 Å². The van der Waals surface area contributed by atoms with Crippen molar-refractivity contribution >= 4 is 22.5 Å². The lowest BCUT2D eigenvalue weighted by atomic mass is 9.88. The molecule has 3 heterocycles. The third-order valence-corrected chi connectivity index (χ3v) is 7.56. The molecule has 0 bridgehead atoms. The van der Waals surface area contributed by atoms with E-state index < -0.39 is 0 Å². The molecule has 1 saturated heterocycles. The van der Waals surface area contributed by atoms with Crippen molar-refractivity contribution in [3.8, 4) is 17.6 Å². The van der Waals surface area contributed by atoms with Gasteiger partial charge in [0.05, 0.1) is 23.7 Å². The number of pyridine rings is 1. The zero-order valence-electron chi connectivity index (χ0n) is 20.7. The van der Waals surface area contributed by atoms with Crippen LogP contribution in [0.5, 0.6) is 11.5 Å². The number of anilines is 1. The number of nitriles is 1. The van der Waals surface area contributed by atoms with Gasteiger partial charge in [-0.05, 0) is 73.2 Å². The fraction of sp³-hybridized carbons (Fsp3) is 0.379. The molecule has 7 nitrogen and oxygen atoms in total. The Kier molecular flexibility index (Phi) is 6.12. The van der Waals surface area contributed by atoms with Crippen molar-refractivity contribution in [1.29, 1.82) is 5.26 Å². The Labute approximate surface area is 211 Å². The molecule has 0 atom stereocenters. The van der Waals surface area contributed by atoms with E-state index in [4.69, 9.17) is 14.5 Å². The Balaban J connectivity index is 1.24. The maximum absolute atomic E-state index is 10.1. The third-order valence-electron chi connectivity index (χ3n) is 7.56. The number of fused-ring (bicyclic) bond motifs is 4. The fourth-order valence-electron chi connectivity index (χ4n) is 5.70. The molecule has 1 fully saturated rings. The fourth-order valence-corrected chi connectivity index (χ4v) is 5.70. The van der Waals surface area contributed by atoms with Crippen molar-refractivity contribution in [2.75, 3.05) is 51.3 Å². The van der Waals surface area contributed by atoms with Crippen LogP contribution in [-0.2, 0) is 12.8 Å². The normalized spacial score (nSPS) is 16.2. The minimum atomic E-state index is 0.662. The Bertz CT molecular complexity index is 1430. The second-order valence-electron chi connectivity index (χ2n) is 9.59. The highest BCUT2D eigenvalue weighted by atomic mass is 16.5. The number of nitrogens with zero attached hydrogens (tertiary/aromatic N) is 5. The van der Waals surface area contributed by atoms with Crippen LogP contribution in [0.25, 0.3) is 16.7 Å². The van der Waals surface area contributed by atoms with Gasteiger partial charge in [-0.25, -0.2) is 4.98 Å². The number of imidazole rings is 1. The third kappa shape index (κ3) is 4.02. The Morgan fingerprint density at radius 1 is 0.917 bits per heavy atom. The molecule has 1 aliphatic heterocycles. The number of para-hydroxylation sites is 2. The van der Waals surface area contributed by atoms with Crippen molar-refractivity contribution < 1.29 is 9.47 Å². The quantitative estimate of drug-likeness (QED) is 0.406. The van der Waals surface area contributed by atoms with E-state index in [1.165, 1.54) is 23.4 Å². The maximum Gasteiger partial charge on any atom is 0.157 e. The van der Waals surface area contributed by atoms with Crippen molar-refractivity contribution in [3.63, 3.8) is 0 Å². The van der Waals surface area contributed by atoms with Gasteiger partial charge in [-0.15, -0.1) is 0 Å². The number of piperazine rings is 1. The first kappa shape index (κ1) is 22.7. The van der Waals surface area contributed by atoms with Crippen molar-refractivity contribution in [3.05, 3.63) is 65.2 Å². The van der Waals surface area contributed by atoms with Gasteiger partial charge in [0.2, 0.25) is 0 Å². The molecule has 0 N–H and O–H groups in total. The van der Waals surface area contributed by atoms with E-state index >= 15 is 0 Å². The van der Waals surface area contributed by atoms with Crippen LogP contribution in [0, 0.1) is 11.3 Å². The second kappa shape index (κ2) is 9.71. The van der Waals surface area contributed by atoms with E-state index in [0.29, 0.717) is 6.61 Å². The van der Waals surface area contributed by atoms with Crippen molar-refractivity contribution in [2.45, 2.75) is 25.7 Å². The molecule has 0 amide bonds. The van der Waals surface area contributed by atoms with E-state index in [1.54, 1.807) is 7.11 Å². The lowest BCUT2D eigenvalue weighted by molar-refractivity contribution is 0.200. The summed E-state index contributed by atoms with van der Waals surface area (Å²) in [5.41, 5.74) is 6.18. The first-order chi connectivity index (χ1) is 17.8. The summed E-state index contributed by atoms with van der Waals surface area (Å²) in [7, 11) is 1.67. The number of rotatable bonds is 6. The predicted octanol–water partition coefficient (Wildman–Crippen LogP) is 4.45. The molecule has 0 saturated carbocycles. The van der Waals surface area contributed by atoms with Gasteiger partial charge in [-0.3, -0.25) is 9.30 Å². The highest BCUT2D eigenvalue weighted by Gasteiger charge is 2.29. The van der Waals surface area contributed by atoms with Crippen LogP contribution in [0.1, 0.15) is 29.5 Å². The van der Waals surface area contributed by atoms with Gasteiger partial charge in [0.1, 0.15) is 30.0 Å². The minimum absolute atomic E-state index is 0.662. The van der Waals surface area contributed by atoms with Crippen molar-refractivity contribution in [2.24, 2.45) is 0 Å². The first-order valence-electron chi connectivity index (χ1n) is 12.9. The molecule has 2 aliphatic rings. The summed E-state index contributed by atoms with van der Waals surface area (Å²) in [6.07, 6.45) is 4.30. The predicted molar refractivity (Wildman–Crippen MR) is 141 cm³/mol. The van der Waals surface area contributed by atoms with E-state index in [9.17, 15) is 5.26 Å². The summed E-state index contributed by atoms with van der Waals surface area (Å²) >= 11 is 0. The van der Waals surface area contributed by atoms with Crippen LogP contribution in [0.15, 0.2) is 48.5 Å². The van der Waals surface area contributed by atoms with Gasteiger partial charge in [0, 0.05) is 32.7 Å². The summed E-state index contributed by atoms with van der Waals surface area (Å²) in [4.78, 5) is 9.92. The van der Waals surface area contributed by atoms with Crippen LogP contribution in [0.4, 0.5) is 5.82 Å². The number of aromatic nitrogens is 2. The zero-order chi connectivity index (χ0) is 24.5. The van der Waals surface area contributed by atoms with Gasteiger partial charge < -0.3 is 14.4 Å². The van der Waals surface area contributed by atoms with E-state index in [1.807, 2.05) is 36.4 Å². The molecule has 0 radical (unpaired) electrons. The minimum Gasteiger partial charge on any atom is -0.497 e. The molecular weight excluding hydrogens is 450 g/mol. The maximum atomic E-state index is 10.1. The molecular formula is C29H31N5O2. The highest BCUT2D eigenvalue weighted by Crippen LogP contribution is 2.37. The monoisotopic (exact) mass is 481 g/mol. The Morgan fingerprint density at radius 2 is 1.64 bits per heavy atom. The molecule has 2 aromatic carbocycles. The molecule has 7 heteroatoms. The molecule has 184 valence electrons. The summed E-state index contributed by atoms with van der Waals surface area (Å²) in [6.45, 7) is 5.42. The average molecular weight is 482 g/mol. The van der Waals surface area contributed by atoms with Gasteiger partial charge in [-0.1, -0.05) is 12.1 Å². The molecule has 4 aromatic rings. The summed E-state index contributed by atoms with van der Waals surface area (Å²) in [6, 6.07) is 18.5. The molecule has 6 rings (SSSR count). The van der Waals surface area contributed by atoms with Crippen LogP contribution >= 0.6 is 0 Å². The molecule has 2 aromatic heterocycles. The van der Waals surface area contributed by atoms with Crippen LogP contribution < -0.4 is 14.4 Å². The van der Waals surface area contributed by atoms with Gasteiger partial charge in [0.25, 0.3) is 0 Å². The largest absolute Gasteiger partial charge is 0.497 e. The highest BCUT2D eigenvalue weighted by molar-refractivity contribution is 5.86. The SMILES string of the molecule is COc1ccc(OCCN2CCN(c3c4c(c(C#N)c5nc6ccccc6n35)CCCC4)CC2)cc1. The standard InChI is InChI=1S/C29H31N5O2/c1-35-21-10-12-22(13-11-21)36-19-18-32-14-16-33(17-15-32)29-24-7-3-2-6-23(24)25(20-30)28-31-26-8-4-5-9-27(26)34(28)29/h4-5,8-13H,2-3,6-7,14-19H2,1H3. The van der Waals surface area contributed by atoms with Gasteiger partial charge >= 0.3 is 0 Å². The zero-order valence-corrected chi connectivity index (χ0v) is 20.7. The number of methoxy groups -OCH3 is 1. The Morgan fingerprint density at radius 3 is 2.39 bits per heavy atom. The lowest BCUT2D eigenvalue weighted by Gasteiger charge is -2.38. The van der Waals surface area contributed by atoms with Gasteiger partial charge in [-0.2, -0.15) is 5.26 Å². The molecule has 1 aliphatic carbocycles. The molecule has 0 unspecified atom stereocenters. The van der Waals surface area contributed by atoms with Crippen LogP contribution in [0.3, 0.4) is 0 Å². The van der Waals surface area contributed by atoms with E-state index in [0.717, 1.165) is 85.7 Å². The van der Waals surface area contributed by atoms with Crippen LogP contribution in [0.2, 0.25) is 0 Å². The second-order valence-corrected chi connectivity index (χ2v) is 9.59. The topological polar surface area (TPSA) is 66.0 Å². The molecule has 36 heavy (non-hydrogen) atoms. The Hall–Kier alpha value is -3.76. The number of ether oxygens (including phenoxy) is 2. The first-order valence-corrected chi connectivity index (χ1v) is 12.9. The summed E-state index contributed by atoms with van der Waals surface area (Å²) in [5, 5.41) is 10.1. The summed E-state index contributed by atoms with van der Waals surface area (Å²) in [5.74, 6) is 2.96. The van der Waals surface area contributed by atoms with Crippen LogP contribution in [-0.4, -0.2) is 60.7 Å². The van der Waals surface area contributed by atoms with E-state index in [2.05, 4.69) is 32.4 Å². The molecule has 0 spiro atoms. The number of hydrogen-bond acceptors (Lipinski definition) is 6. The summed E-state index contributed by atoms with van der Waals surface area (Å²) < 4.78 is 13.4. The smallest absolute Gasteiger partial charge is 0.157 e.